The number of aromatic nitrogens is 2. The van der Waals surface area contributed by atoms with Crippen molar-refractivity contribution in [3.05, 3.63) is 52.2 Å². The Kier molecular flexibility index (Phi) is 2.87. The number of halogens is 1. The quantitative estimate of drug-likeness (QED) is 0.808. The third kappa shape index (κ3) is 1.77. The Bertz CT molecular complexity index is 545. The maximum Gasteiger partial charge on any atom is 0.274 e. The largest absolute Gasteiger partial charge is 0.396 e. The van der Waals surface area contributed by atoms with Gasteiger partial charge in [-0.3, -0.25) is 9.89 Å². The number of nitrogens with one attached hydrogen (secondary N) is 1. The van der Waals surface area contributed by atoms with E-state index in [1.54, 1.807) is 12.1 Å². The smallest absolute Gasteiger partial charge is 0.274 e. The maximum absolute atomic E-state index is 13.4. The van der Waals surface area contributed by atoms with E-state index in [0.717, 1.165) is 4.68 Å². The van der Waals surface area contributed by atoms with Gasteiger partial charge in [0.2, 0.25) is 0 Å². The molecule has 1 aromatic carbocycles. The zero-order valence-corrected chi connectivity index (χ0v) is 8.48. The van der Waals surface area contributed by atoms with E-state index in [0.29, 0.717) is 5.56 Å². The van der Waals surface area contributed by atoms with E-state index >= 15 is 0 Å². The van der Waals surface area contributed by atoms with E-state index in [9.17, 15) is 9.18 Å². The van der Waals surface area contributed by atoms with Crippen LogP contribution in [-0.4, -0.2) is 21.5 Å². The number of hydrogen-bond donors (Lipinski definition) is 2. The van der Waals surface area contributed by atoms with Crippen LogP contribution in [0.5, 0.6) is 0 Å². The molecule has 1 heterocycles. The average Bonchev–Trinajstić information content (AvgIpc) is 2.62. The predicted molar refractivity (Wildman–Crippen MR) is 57.1 cm³/mol. The van der Waals surface area contributed by atoms with Crippen LogP contribution in [0.4, 0.5) is 4.39 Å². The molecule has 0 amide bonds. The molecule has 2 rings (SSSR count). The second kappa shape index (κ2) is 4.32. The molecule has 0 aliphatic rings. The molecular weight excluding hydrogens is 211 g/mol. The van der Waals surface area contributed by atoms with Crippen molar-refractivity contribution in [2.75, 3.05) is 6.61 Å². The lowest BCUT2D eigenvalue weighted by Crippen LogP contribution is -2.18. The van der Waals surface area contributed by atoms with Crippen molar-refractivity contribution in [2.45, 2.75) is 6.42 Å². The third-order valence-corrected chi connectivity index (χ3v) is 2.32. The summed E-state index contributed by atoms with van der Waals surface area (Å²) in [5, 5.41) is 11.4. The minimum atomic E-state index is -0.470. The summed E-state index contributed by atoms with van der Waals surface area (Å²) in [5.41, 5.74) is 0.279. The fraction of sp³-hybridized carbons (Fsp3) is 0.182. The Morgan fingerprint density at radius 1 is 1.38 bits per heavy atom. The molecule has 0 fully saturated rings. The lowest BCUT2D eigenvalue weighted by Gasteiger charge is -2.01. The molecule has 84 valence electrons. The van der Waals surface area contributed by atoms with Crippen LogP contribution in [0.2, 0.25) is 0 Å². The molecule has 0 aliphatic heterocycles. The highest BCUT2D eigenvalue weighted by Gasteiger charge is 2.09. The lowest BCUT2D eigenvalue weighted by molar-refractivity contribution is 0.299. The number of rotatable bonds is 3. The fourth-order valence-electron chi connectivity index (χ4n) is 1.52. The summed E-state index contributed by atoms with van der Waals surface area (Å²) < 4.78 is 14.5. The molecule has 0 saturated heterocycles. The summed E-state index contributed by atoms with van der Waals surface area (Å²) >= 11 is 0. The standard InChI is InChI=1S/C11H11FN2O2/c12-9-3-1-2-4-10(9)14-11(16)8(5-6-15)7-13-14/h1-4,7,13,15H,5-6H2. The number of H-pyrrole nitrogens is 1. The molecular formula is C11H11FN2O2. The Balaban J connectivity index is 2.50. The highest BCUT2D eigenvalue weighted by molar-refractivity contribution is 5.33. The Hall–Kier alpha value is -1.88. The van der Waals surface area contributed by atoms with E-state index in [1.165, 1.54) is 18.3 Å². The van der Waals surface area contributed by atoms with Crippen molar-refractivity contribution in [3.63, 3.8) is 0 Å². The Labute approximate surface area is 90.9 Å². The van der Waals surface area contributed by atoms with Gasteiger partial charge in [0.05, 0.1) is 0 Å². The molecule has 0 radical (unpaired) electrons. The fourth-order valence-corrected chi connectivity index (χ4v) is 1.52. The number of aliphatic hydroxyl groups is 1. The summed E-state index contributed by atoms with van der Waals surface area (Å²) in [6.45, 7) is -0.107. The van der Waals surface area contributed by atoms with E-state index < -0.39 is 5.82 Å². The third-order valence-electron chi connectivity index (χ3n) is 2.32. The first kappa shape index (κ1) is 10.6. The molecule has 0 saturated carbocycles. The van der Waals surface area contributed by atoms with Crippen LogP contribution in [0.25, 0.3) is 5.69 Å². The Morgan fingerprint density at radius 2 is 2.12 bits per heavy atom. The van der Waals surface area contributed by atoms with Crippen LogP contribution in [0, 0.1) is 5.82 Å². The topological polar surface area (TPSA) is 58.0 Å². The van der Waals surface area contributed by atoms with Crippen LogP contribution in [-0.2, 0) is 6.42 Å². The minimum absolute atomic E-state index is 0.107. The van der Waals surface area contributed by atoms with Crippen molar-refractivity contribution in [2.24, 2.45) is 0 Å². The van der Waals surface area contributed by atoms with Crippen LogP contribution < -0.4 is 5.56 Å². The lowest BCUT2D eigenvalue weighted by atomic mass is 10.2. The van der Waals surface area contributed by atoms with Gasteiger partial charge in [-0.05, 0) is 12.1 Å². The SMILES string of the molecule is O=c1c(CCO)c[nH]n1-c1ccccc1F. The van der Waals surface area contributed by atoms with Gasteiger partial charge in [-0.1, -0.05) is 12.1 Å². The van der Waals surface area contributed by atoms with Crippen molar-refractivity contribution in [1.82, 2.24) is 9.78 Å². The van der Waals surface area contributed by atoms with E-state index in [2.05, 4.69) is 5.10 Å². The molecule has 4 nitrogen and oxygen atoms in total. The van der Waals surface area contributed by atoms with Gasteiger partial charge in [-0.15, -0.1) is 0 Å². The van der Waals surface area contributed by atoms with Crippen LogP contribution in [0.3, 0.4) is 0 Å². The van der Waals surface area contributed by atoms with Gasteiger partial charge >= 0.3 is 0 Å². The van der Waals surface area contributed by atoms with Gasteiger partial charge in [0.15, 0.2) is 0 Å². The molecule has 2 aromatic rings. The number of benzene rings is 1. The first-order chi connectivity index (χ1) is 7.74. The normalized spacial score (nSPS) is 10.6. The zero-order chi connectivity index (χ0) is 11.5. The van der Waals surface area contributed by atoms with Gasteiger partial charge in [-0.2, -0.15) is 0 Å². The van der Waals surface area contributed by atoms with Gasteiger partial charge in [0.25, 0.3) is 5.56 Å². The van der Waals surface area contributed by atoms with Crippen molar-refractivity contribution in [3.8, 4) is 5.69 Å². The Morgan fingerprint density at radius 3 is 2.81 bits per heavy atom. The molecule has 1 aromatic heterocycles. The highest BCUT2D eigenvalue weighted by atomic mass is 19.1. The molecule has 5 heteroatoms. The number of para-hydroxylation sites is 1. The number of hydrogen-bond acceptors (Lipinski definition) is 2. The number of aromatic amines is 1. The minimum Gasteiger partial charge on any atom is -0.396 e. The number of aliphatic hydroxyl groups excluding tert-OH is 1. The summed E-state index contributed by atoms with van der Waals surface area (Å²) in [6.07, 6.45) is 1.74. The second-order valence-corrected chi connectivity index (χ2v) is 3.36. The monoisotopic (exact) mass is 222 g/mol. The second-order valence-electron chi connectivity index (χ2n) is 3.36. The number of nitrogens with zero attached hydrogens (tertiary/aromatic N) is 1. The summed E-state index contributed by atoms with van der Waals surface area (Å²) in [6, 6.07) is 6.00. The first-order valence-electron chi connectivity index (χ1n) is 4.89. The highest BCUT2D eigenvalue weighted by Crippen LogP contribution is 2.09. The average molecular weight is 222 g/mol. The molecule has 0 bridgehead atoms. The van der Waals surface area contributed by atoms with Crippen molar-refractivity contribution < 1.29 is 9.50 Å². The van der Waals surface area contributed by atoms with Gasteiger partial charge in [0.1, 0.15) is 11.5 Å². The van der Waals surface area contributed by atoms with E-state index in [1.807, 2.05) is 0 Å². The van der Waals surface area contributed by atoms with Crippen LogP contribution in [0.15, 0.2) is 35.3 Å². The van der Waals surface area contributed by atoms with Gasteiger partial charge < -0.3 is 5.11 Å². The van der Waals surface area contributed by atoms with Gasteiger partial charge in [0, 0.05) is 24.8 Å². The van der Waals surface area contributed by atoms with Crippen molar-refractivity contribution >= 4 is 0 Å². The predicted octanol–water partition coefficient (Wildman–Crippen LogP) is 0.840. The van der Waals surface area contributed by atoms with E-state index in [-0.39, 0.29) is 24.3 Å². The molecule has 16 heavy (non-hydrogen) atoms. The first-order valence-corrected chi connectivity index (χ1v) is 4.89. The zero-order valence-electron chi connectivity index (χ0n) is 8.48. The summed E-state index contributed by atoms with van der Waals surface area (Å²) in [4.78, 5) is 11.8. The molecule has 0 aliphatic carbocycles. The van der Waals surface area contributed by atoms with Gasteiger partial charge in [-0.25, -0.2) is 9.07 Å². The maximum atomic E-state index is 13.4. The van der Waals surface area contributed by atoms with E-state index in [4.69, 9.17) is 5.11 Å². The summed E-state index contributed by atoms with van der Waals surface area (Å²) in [5.74, 6) is -0.470. The molecule has 2 N–H and O–H groups in total. The molecule has 0 unspecified atom stereocenters. The van der Waals surface area contributed by atoms with Crippen molar-refractivity contribution in [1.29, 1.82) is 0 Å². The molecule has 0 spiro atoms. The molecule has 0 atom stereocenters. The van der Waals surface area contributed by atoms with Crippen LogP contribution in [0.1, 0.15) is 5.56 Å². The van der Waals surface area contributed by atoms with Crippen LogP contribution >= 0.6 is 0 Å². The summed E-state index contributed by atoms with van der Waals surface area (Å²) in [7, 11) is 0.